The molecule has 0 aliphatic rings. The summed E-state index contributed by atoms with van der Waals surface area (Å²) in [7, 11) is 0. The lowest BCUT2D eigenvalue weighted by molar-refractivity contribution is -0.137. The van der Waals surface area contributed by atoms with Crippen molar-refractivity contribution in [2.45, 2.75) is 25.3 Å². The van der Waals surface area contributed by atoms with Crippen LogP contribution in [-0.4, -0.2) is 11.0 Å². The molecular weight excluding hydrogens is 323 g/mol. The molecular formula is C17H16F3NO3. The number of benzene rings is 2. The Balaban J connectivity index is 1.76. The van der Waals surface area contributed by atoms with Crippen molar-refractivity contribution in [2.75, 3.05) is 0 Å². The second-order valence-corrected chi connectivity index (χ2v) is 5.14. The highest BCUT2D eigenvalue weighted by Gasteiger charge is 2.29. The molecule has 1 unspecified atom stereocenters. The molecule has 1 atom stereocenters. The van der Waals surface area contributed by atoms with E-state index in [4.69, 9.17) is 4.84 Å². The number of aliphatic hydroxyl groups excluding tert-OH is 1. The molecule has 0 aromatic heterocycles. The summed E-state index contributed by atoms with van der Waals surface area (Å²) >= 11 is 0. The molecule has 2 rings (SSSR count). The zero-order valence-electron chi connectivity index (χ0n) is 12.6. The Morgan fingerprint density at radius 1 is 1.08 bits per heavy atom. The van der Waals surface area contributed by atoms with Gasteiger partial charge in [0, 0.05) is 0 Å². The number of nitrogens with one attached hydrogen (secondary N) is 1. The van der Waals surface area contributed by atoms with Crippen LogP contribution in [0, 0.1) is 0 Å². The van der Waals surface area contributed by atoms with Crippen LogP contribution in [0.1, 0.15) is 29.2 Å². The number of hydroxylamine groups is 1. The number of carbonyl (C=O) groups is 1. The molecule has 1 amide bonds. The van der Waals surface area contributed by atoms with Crippen LogP contribution < -0.4 is 5.48 Å². The molecule has 2 N–H and O–H groups in total. The van der Waals surface area contributed by atoms with Crippen LogP contribution in [0.15, 0.2) is 54.6 Å². The maximum Gasteiger partial charge on any atom is 0.416 e. The molecule has 2 aromatic rings. The summed E-state index contributed by atoms with van der Waals surface area (Å²) in [5.41, 5.74) is 2.49. The summed E-state index contributed by atoms with van der Waals surface area (Å²) in [4.78, 5) is 16.6. The number of hydrogen-bond donors (Lipinski definition) is 2. The third-order valence-corrected chi connectivity index (χ3v) is 3.27. The zero-order valence-corrected chi connectivity index (χ0v) is 12.6. The van der Waals surface area contributed by atoms with E-state index in [0.29, 0.717) is 11.1 Å². The van der Waals surface area contributed by atoms with Crippen molar-refractivity contribution < 1.29 is 27.9 Å². The van der Waals surface area contributed by atoms with Crippen molar-refractivity contribution in [3.8, 4) is 0 Å². The van der Waals surface area contributed by atoms with Gasteiger partial charge in [0.2, 0.25) is 5.91 Å². The molecule has 0 bridgehead atoms. The summed E-state index contributed by atoms with van der Waals surface area (Å²) in [6, 6.07) is 13.1. The van der Waals surface area contributed by atoms with E-state index in [1.165, 1.54) is 12.1 Å². The third kappa shape index (κ3) is 5.36. The fraction of sp³-hybridized carbons (Fsp3) is 0.235. The summed E-state index contributed by atoms with van der Waals surface area (Å²) < 4.78 is 37.3. The van der Waals surface area contributed by atoms with Gasteiger partial charge in [-0.25, -0.2) is 5.48 Å². The molecule has 7 heteroatoms. The van der Waals surface area contributed by atoms with E-state index in [1.54, 1.807) is 30.3 Å². The average molecular weight is 339 g/mol. The number of hydrogen-bond acceptors (Lipinski definition) is 3. The molecule has 0 fully saturated rings. The number of amides is 1. The minimum Gasteiger partial charge on any atom is -0.388 e. The van der Waals surface area contributed by atoms with Gasteiger partial charge in [0.25, 0.3) is 0 Å². The second-order valence-electron chi connectivity index (χ2n) is 5.14. The highest BCUT2D eigenvalue weighted by molar-refractivity contribution is 5.75. The molecule has 4 nitrogen and oxygen atoms in total. The normalized spacial score (nSPS) is 12.7. The Bertz CT molecular complexity index is 657. The van der Waals surface area contributed by atoms with Crippen molar-refractivity contribution in [3.63, 3.8) is 0 Å². The molecule has 24 heavy (non-hydrogen) atoms. The standard InChI is InChI=1S/C17H16F3NO3/c18-17(19,20)14-8-6-12(7-9-14)11-24-21-16(23)10-15(22)13-4-2-1-3-5-13/h1-9,15,22H,10-11H2,(H,21,23). The summed E-state index contributed by atoms with van der Waals surface area (Å²) in [5.74, 6) is -0.529. The average Bonchev–Trinajstić information content (AvgIpc) is 2.55. The number of halogens is 3. The number of rotatable bonds is 6. The topological polar surface area (TPSA) is 58.6 Å². The van der Waals surface area contributed by atoms with Gasteiger partial charge in [-0.05, 0) is 23.3 Å². The van der Waals surface area contributed by atoms with Crippen LogP contribution in [0.4, 0.5) is 13.2 Å². The van der Waals surface area contributed by atoms with Crippen LogP contribution in [0.2, 0.25) is 0 Å². The number of alkyl halides is 3. The van der Waals surface area contributed by atoms with E-state index in [0.717, 1.165) is 12.1 Å². The first-order valence-corrected chi connectivity index (χ1v) is 7.16. The van der Waals surface area contributed by atoms with Crippen molar-refractivity contribution in [1.29, 1.82) is 0 Å². The largest absolute Gasteiger partial charge is 0.416 e. The Morgan fingerprint density at radius 2 is 1.71 bits per heavy atom. The third-order valence-electron chi connectivity index (χ3n) is 3.27. The Hall–Kier alpha value is -2.38. The lowest BCUT2D eigenvalue weighted by Crippen LogP contribution is -2.25. The quantitative estimate of drug-likeness (QED) is 0.793. The van der Waals surface area contributed by atoms with Gasteiger partial charge in [-0.1, -0.05) is 42.5 Å². The molecule has 0 aliphatic carbocycles. The van der Waals surface area contributed by atoms with Gasteiger partial charge in [-0.15, -0.1) is 0 Å². The van der Waals surface area contributed by atoms with Crippen LogP contribution in [0.5, 0.6) is 0 Å². The minimum absolute atomic E-state index is 0.0781. The lowest BCUT2D eigenvalue weighted by Gasteiger charge is -2.11. The van der Waals surface area contributed by atoms with Gasteiger partial charge < -0.3 is 5.11 Å². The zero-order chi connectivity index (χ0) is 17.6. The lowest BCUT2D eigenvalue weighted by atomic mass is 10.1. The predicted octanol–water partition coefficient (Wildman–Crippen LogP) is 3.38. The van der Waals surface area contributed by atoms with Crippen molar-refractivity contribution >= 4 is 5.91 Å². The smallest absolute Gasteiger partial charge is 0.388 e. The van der Waals surface area contributed by atoms with Crippen molar-refractivity contribution in [1.82, 2.24) is 5.48 Å². The van der Waals surface area contributed by atoms with E-state index in [9.17, 15) is 23.1 Å². The van der Waals surface area contributed by atoms with Gasteiger partial charge >= 0.3 is 6.18 Å². The molecule has 0 radical (unpaired) electrons. The molecule has 0 spiro atoms. The molecule has 2 aromatic carbocycles. The molecule has 0 saturated carbocycles. The van der Waals surface area contributed by atoms with Crippen LogP contribution in [0.25, 0.3) is 0 Å². The minimum atomic E-state index is -4.39. The second kappa shape index (κ2) is 7.94. The first kappa shape index (κ1) is 18.0. The Morgan fingerprint density at radius 3 is 2.29 bits per heavy atom. The fourth-order valence-electron chi connectivity index (χ4n) is 2.00. The summed E-state index contributed by atoms with van der Waals surface area (Å²) in [5, 5.41) is 9.89. The predicted molar refractivity (Wildman–Crippen MR) is 80.4 cm³/mol. The maximum atomic E-state index is 12.4. The van der Waals surface area contributed by atoms with E-state index in [2.05, 4.69) is 5.48 Å². The van der Waals surface area contributed by atoms with E-state index in [1.807, 2.05) is 0 Å². The fourth-order valence-corrected chi connectivity index (χ4v) is 2.00. The molecule has 0 saturated heterocycles. The van der Waals surface area contributed by atoms with Gasteiger partial charge in [0.1, 0.15) is 0 Å². The van der Waals surface area contributed by atoms with E-state index < -0.39 is 23.8 Å². The Labute approximate surface area is 136 Å². The van der Waals surface area contributed by atoms with Crippen LogP contribution in [-0.2, 0) is 22.4 Å². The van der Waals surface area contributed by atoms with Gasteiger partial charge in [0.15, 0.2) is 0 Å². The summed E-state index contributed by atoms with van der Waals surface area (Å²) in [6.45, 7) is -0.0781. The van der Waals surface area contributed by atoms with Gasteiger partial charge in [-0.2, -0.15) is 13.2 Å². The highest BCUT2D eigenvalue weighted by Crippen LogP contribution is 2.29. The number of carbonyl (C=O) groups excluding carboxylic acids is 1. The first-order valence-electron chi connectivity index (χ1n) is 7.16. The van der Waals surface area contributed by atoms with Crippen LogP contribution in [0.3, 0.4) is 0 Å². The number of aliphatic hydroxyl groups is 1. The van der Waals surface area contributed by atoms with Gasteiger partial charge in [0.05, 0.1) is 24.7 Å². The first-order chi connectivity index (χ1) is 11.4. The molecule has 0 heterocycles. The van der Waals surface area contributed by atoms with E-state index >= 15 is 0 Å². The highest BCUT2D eigenvalue weighted by atomic mass is 19.4. The van der Waals surface area contributed by atoms with E-state index in [-0.39, 0.29) is 13.0 Å². The van der Waals surface area contributed by atoms with Gasteiger partial charge in [-0.3, -0.25) is 9.63 Å². The van der Waals surface area contributed by atoms with Crippen molar-refractivity contribution in [2.24, 2.45) is 0 Å². The summed E-state index contributed by atoms with van der Waals surface area (Å²) in [6.07, 6.45) is -5.53. The maximum absolute atomic E-state index is 12.4. The van der Waals surface area contributed by atoms with Crippen molar-refractivity contribution in [3.05, 3.63) is 71.3 Å². The Kier molecular flexibility index (Phi) is 5.94. The monoisotopic (exact) mass is 339 g/mol. The molecule has 128 valence electrons. The molecule has 0 aliphatic heterocycles. The van der Waals surface area contributed by atoms with Crippen LogP contribution >= 0.6 is 0 Å². The SMILES string of the molecule is O=C(CC(O)c1ccccc1)NOCc1ccc(C(F)(F)F)cc1.